The van der Waals surface area contributed by atoms with Gasteiger partial charge in [-0.3, -0.25) is 0 Å². The molecule has 0 bridgehead atoms. The molecule has 0 amide bonds. The Bertz CT molecular complexity index is 122. The Morgan fingerprint density at radius 3 is 2.50 bits per heavy atom. The van der Waals surface area contributed by atoms with Gasteiger partial charge in [0.15, 0.2) is 0 Å². The van der Waals surface area contributed by atoms with Crippen LogP contribution in [0.3, 0.4) is 0 Å². The van der Waals surface area contributed by atoms with Gasteiger partial charge < -0.3 is 5.32 Å². The van der Waals surface area contributed by atoms with Crippen LogP contribution in [-0.4, -0.2) is 13.1 Å². The first kappa shape index (κ1) is 10.0. The van der Waals surface area contributed by atoms with Crippen LogP contribution in [0.15, 0.2) is 0 Å². The van der Waals surface area contributed by atoms with Crippen LogP contribution in [0.2, 0.25) is 0 Å². The molecule has 1 fully saturated rings. The van der Waals surface area contributed by atoms with Gasteiger partial charge in [0.2, 0.25) is 0 Å². The third kappa shape index (κ3) is 2.22. The van der Waals surface area contributed by atoms with E-state index in [1.165, 1.54) is 32.1 Å². The molecule has 1 N–H and O–H groups in total. The van der Waals surface area contributed by atoms with Gasteiger partial charge in [-0.2, -0.15) is 0 Å². The first-order chi connectivity index (χ1) is 5.79. The predicted molar refractivity (Wildman–Crippen MR) is 54.3 cm³/mol. The van der Waals surface area contributed by atoms with Crippen LogP contribution in [0.5, 0.6) is 0 Å². The summed E-state index contributed by atoms with van der Waals surface area (Å²) in [5, 5.41) is 3.49. The summed E-state index contributed by atoms with van der Waals surface area (Å²) in [6.45, 7) is 4.72. The summed E-state index contributed by atoms with van der Waals surface area (Å²) in [6.07, 6.45) is 7.08. The normalized spacial score (nSPS) is 37.8. The van der Waals surface area contributed by atoms with Crippen molar-refractivity contribution >= 4 is 0 Å². The van der Waals surface area contributed by atoms with E-state index in [1.807, 2.05) is 0 Å². The molecule has 3 atom stereocenters. The second-order valence-corrected chi connectivity index (χ2v) is 4.24. The molecular weight excluding hydrogens is 146 g/mol. The van der Waals surface area contributed by atoms with Crippen molar-refractivity contribution in [1.82, 2.24) is 5.32 Å². The summed E-state index contributed by atoms with van der Waals surface area (Å²) in [7, 11) is 2.12. The second-order valence-electron chi connectivity index (χ2n) is 4.24. The van der Waals surface area contributed by atoms with Crippen LogP contribution in [0.1, 0.15) is 46.0 Å². The Kier molecular flexibility index (Phi) is 4.07. The molecule has 1 aliphatic rings. The van der Waals surface area contributed by atoms with E-state index >= 15 is 0 Å². The SMILES string of the molecule is CCC1CCCCC(C)C1NC. The van der Waals surface area contributed by atoms with Crippen LogP contribution in [0, 0.1) is 11.8 Å². The number of hydrogen-bond acceptors (Lipinski definition) is 1. The minimum absolute atomic E-state index is 0.775. The lowest BCUT2D eigenvalue weighted by Gasteiger charge is -2.28. The highest BCUT2D eigenvalue weighted by Crippen LogP contribution is 2.29. The molecule has 0 aromatic carbocycles. The van der Waals surface area contributed by atoms with E-state index in [1.54, 1.807) is 0 Å². The van der Waals surface area contributed by atoms with Crippen molar-refractivity contribution in [2.75, 3.05) is 7.05 Å². The van der Waals surface area contributed by atoms with Crippen molar-refractivity contribution in [3.05, 3.63) is 0 Å². The van der Waals surface area contributed by atoms with Crippen molar-refractivity contribution in [3.8, 4) is 0 Å². The molecule has 1 saturated carbocycles. The van der Waals surface area contributed by atoms with Gasteiger partial charge in [0.25, 0.3) is 0 Å². The summed E-state index contributed by atoms with van der Waals surface area (Å²) in [4.78, 5) is 0. The van der Waals surface area contributed by atoms with Crippen molar-refractivity contribution in [2.24, 2.45) is 11.8 Å². The Morgan fingerprint density at radius 1 is 1.25 bits per heavy atom. The Hall–Kier alpha value is -0.0400. The quantitative estimate of drug-likeness (QED) is 0.627. The summed E-state index contributed by atoms with van der Waals surface area (Å²) < 4.78 is 0. The third-order valence-corrected chi connectivity index (χ3v) is 3.46. The Balaban J connectivity index is 2.56. The molecule has 12 heavy (non-hydrogen) atoms. The minimum atomic E-state index is 0.775. The van der Waals surface area contributed by atoms with Crippen LogP contribution < -0.4 is 5.32 Å². The smallest absolute Gasteiger partial charge is 0.0118 e. The molecule has 3 unspecified atom stereocenters. The fourth-order valence-electron chi connectivity index (χ4n) is 2.67. The van der Waals surface area contributed by atoms with Gasteiger partial charge in [0.05, 0.1) is 0 Å². The molecule has 0 saturated heterocycles. The number of hydrogen-bond donors (Lipinski definition) is 1. The van der Waals surface area contributed by atoms with Crippen molar-refractivity contribution in [1.29, 1.82) is 0 Å². The van der Waals surface area contributed by atoms with Crippen molar-refractivity contribution < 1.29 is 0 Å². The van der Waals surface area contributed by atoms with Gasteiger partial charge in [-0.15, -0.1) is 0 Å². The van der Waals surface area contributed by atoms with Crippen LogP contribution in [0.4, 0.5) is 0 Å². The van der Waals surface area contributed by atoms with Crippen LogP contribution in [0.25, 0.3) is 0 Å². The molecule has 0 spiro atoms. The van der Waals surface area contributed by atoms with Crippen molar-refractivity contribution in [2.45, 2.75) is 52.0 Å². The lowest BCUT2D eigenvalue weighted by Crippen LogP contribution is -2.37. The average Bonchev–Trinajstić information content (AvgIpc) is 2.26. The van der Waals surface area contributed by atoms with E-state index < -0.39 is 0 Å². The van der Waals surface area contributed by atoms with E-state index in [-0.39, 0.29) is 0 Å². The Labute approximate surface area is 76.9 Å². The molecule has 0 aliphatic heterocycles. The van der Waals surface area contributed by atoms with Gasteiger partial charge in [0.1, 0.15) is 0 Å². The monoisotopic (exact) mass is 169 g/mol. The molecule has 0 heterocycles. The van der Waals surface area contributed by atoms with Crippen LogP contribution >= 0.6 is 0 Å². The summed E-state index contributed by atoms with van der Waals surface area (Å²) in [5.74, 6) is 1.80. The molecule has 0 radical (unpaired) electrons. The first-order valence-electron chi connectivity index (χ1n) is 5.46. The molecule has 1 aliphatic carbocycles. The van der Waals surface area contributed by atoms with Crippen LogP contribution in [-0.2, 0) is 0 Å². The summed E-state index contributed by atoms with van der Waals surface area (Å²) in [6, 6.07) is 0.775. The molecule has 1 heteroatoms. The summed E-state index contributed by atoms with van der Waals surface area (Å²) >= 11 is 0. The molecule has 0 aromatic heterocycles. The maximum Gasteiger partial charge on any atom is 0.0118 e. The van der Waals surface area contributed by atoms with Gasteiger partial charge in [-0.25, -0.2) is 0 Å². The topological polar surface area (TPSA) is 12.0 Å². The highest BCUT2D eigenvalue weighted by molar-refractivity contribution is 4.82. The molecular formula is C11H23N. The predicted octanol–water partition coefficient (Wildman–Crippen LogP) is 2.81. The van der Waals surface area contributed by atoms with Gasteiger partial charge in [-0.1, -0.05) is 33.1 Å². The highest BCUT2D eigenvalue weighted by Gasteiger charge is 2.25. The maximum atomic E-state index is 3.49. The Morgan fingerprint density at radius 2 is 1.92 bits per heavy atom. The summed E-state index contributed by atoms with van der Waals surface area (Å²) in [5.41, 5.74) is 0. The zero-order valence-corrected chi connectivity index (χ0v) is 8.77. The number of nitrogens with one attached hydrogen (secondary N) is 1. The fourth-order valence-corrected chi connectivity index (χ4v) is 2.67. The van der Waals surface area contributed by atoms with E-state index in [4.69, 9.17) is 0 Å². The standard InChI is InChI=1S/C11H23N/c1-4-10-8-6-5-7-9(2)11(10)12-3/h9-12H,4-8H2,1-3H3. The zero-order chi connectivity index (χ0) is 8.97. The zero-order valence-electron chi connectivity index (χ0n) is 8.77. The fraction of sp³-hybridized carbons (Fsp3) is 1.00. The maximum absolute atomic E-state index is 3.49. The van der Waals surface area contributed by atoms with E-state index in [2.05, 4.69) is 26.2 Å². The third-order valence-electron chi connectivity index (χ3n) is 3.46. The van der Waals surface area contributed by atoms with Gasteiger partial charge >= 0.3 is 0 Å². The molecule has 1 nitrogen and oxygen atoms in total. The molecule has 0 aromatic rings. The van der Waals surface area contributed by atoms with E-state index in [9.17, 15) is 0 Å². The lowest BCUT2D eigenvalue weighted by atomic mass is 9.86. The largest absolute Gasteiger partial charge is 0.316 e. The van der Waals surface area contributed by atoms with E-state index in [0.29, 0.717) is 0 Å². The van der Waals surface area contributed by atoms with Gasteiger partial charge in [-0.05, 0) is 31.7 Å². The second kappa shape index (κ2) is 4.86. The lowest BCUT2D eigenvalue weighted by molar-refractivity contribution is 0.280. The average molecular weight is 169 g/mol. The van der Waals surface area contributed by atoms with E-state index in [0.717, 1.165) is 17.9 Å². The first-order valence-corrected chi connectivity index (χ1v) is 5.46. The number of rotatable bonds is 2. The van der Waals surface area contributed by atoms with Gasteiger partial charge in [0, 0.05) is 6.04 Å². The highest BCUT2D eigenvalue weighted by atomic mass is 14.9. The van der Waals surface area contributed by atoms with Crippen molar-refractivity contribution in [3.63, 3.8) is 0 Å². The molecule has 72 valence electrons. The minimum Gasteiger partial charge on any atom is -0.316 e. The molecule has 1 rings (SSSR count).